The molecule has 6 nitrogen and oxygen atoms in total. The molecule has 7 heteroatoms. The predicted molar refractivity (Wildman–Crippen MR) is 85.7 cm³/mol. The number of carboxylic acids is 2. The van der Waals surface area contributed by atoms with Gasteiger partial charge in [0.05, 0.1) is 0 Å². The molecule has 1 unspecified atom stereocenters. The lowest BCUT2D eigenvalue weighted by atomic mass is 10.1. The average molecular weight is 331 g/mol. The summed E-state index contributed by atoms with van der Waals surface area (Å²) in [4.78, 5) is 19.1. The van der Waals surface area contributed by atoms with Crippen molar-refractivity contribution >= 4 is 41.1 Å². The lowest BCUT2D eigenvalue weighted by Gasteiger charge is -1.94. The molecule has 1 heterocycles. The third-order valence-corrected chi connectivity index (χ3v) is 3.97. The van der Waals surface area contributed by atoms with Crippen LogP contribution in [-0.4, -0.2) is 22.2 Å². The number of aliphatic carboxylic acids is 2. The van der Waals surface area contributed by atoms with Gasteiger partial charge in [-0.15, -0.1) is 0 Å². The van der Waals surface area contributed by atoms with E-state index in [1.807, 2.05) is 48.5 Å². The molecule has 2 aromatic carbocycles. The fraction of sp³-hybridized carbons (Fsp3) is 0. The molecule has 2 N–H and O–H groups in total. The molecule has 1 atom stereocenters. The summed E-state index contributed by atoms with van der Waals surface area (Å²) in [6.45, 7) is 0. The molecule has 0 saturated heterocycles. The van der Waals surface area contributed by atoms with Crippen molar-refractivity contribution in [3.8, 4) is 0 Å². The van der Waals surface area contributed by atoms with Gasteiger partial charge in [-0.3, -0.25) is 0 Å². The molecule has 1 aromatic heterocycles. The van der Waals surface area contributed by atoms with Crippen LogP contribution in [0.25, 0.3) is 21.5 Å². The summed E-state index contributed by atoms with van der Waals surface area (Å²) in [6, 6.07) is 15.3. The van der Waals surface area contributed by atoms with Gasteiger partial charge in [0.1, 0.15) is 0 Å². The van der Waals surface area contributed by atoms with Gasteiger partial charge in [-0.1, -0.05) is 30.3 Å². The van der Waals surface area contributed by atoms with E-state index < -0.39 is 19.6 Å². The predicted octanol–water partition coefficient (Wildman–Crippen LogP) is 4.04. The fourth-order valence-corrected chi connectivity index (χ4v) is 2.95. The highest BCUT2D eigenvalue weighted by Crippen LogP contribution is 2.34. The minimum atomic E-state index is -1.74. The second-order valence-corrected chi connectivity index (χ2v) is 5.55. The van der Waals surface area contributed by atoms with Crippen molar-refractivity contribution in [1.82, 2.24) is 0 Å². The second-order valence-electron chi connectivity index (χ2n) is 4.37. The van der Waals surface area contributed by atoms with Crippen LogP contribution < -0.4 is 0 Å². The Morgan fingerprint density at radius 1 is 0.870 bits per heavy atom. The first kappa shape index (κ1) is 16.4. The van der Waals surface area contributed by atoms with Crippen molar-refractivity contribution in [2.45, 2.75) is 0 Å². The summed E-state index contributed by atoms with van der Waals surface area (Å²) in [5.41, 5.74) is 0.706. The van der Waals surface area contributed by atoms with Gasteiger partial charge in [0.15, 0.2) is 5.58 Å². The first-order valence-corrected chi connectivity index (χ1v) is 7.64. The summed E-state index contributed by atoms with van der Waals surface area (Å²) in [5.74, 6) is -2.51. The number of benzene rings is 2. The molecule has 3 rings (SSSR count). The van der Waals surface area contributed by atoms with Crippen LogP contribution in [0.1, 0.15) is 0 Å². The minimum absolute atomic E-state index is 0.558. The monoisotopic (exact) mass is 331 g/mol. The van der Waals surface area contributed by atoms with Crippen molar-refractivity contribution in [2.24, 2.45) is 0 Å². The van der Waals surface area contributed by atoms with Gasteiger partial charge < -0.3 is 10.2 Å². The Kier molecular flexibility index (Phi) is 5.23. The summed E-state index contributed by atoms with van der Waals surface area (Å²) >= 11 is 0. The highest BCUT2D eigenvalue weighted by molar-refractivity contribution is 7.37. The third kappa shape index (κ3) is 4.25. The fourth-order valence-electron chi connectivity index (χ4n) is 1.91. The van der Waals surface area contributed by atoms with Crippen LogP contribution >= 0.6 is 7.65 Å². The van der Waals surface area contributed by atoms with E-state index in [2.05, 4.69) is 0 Å². The average Bonchev–Trinajstić information content (AvgIpc) is 2.54. The lowest BCUT2D eigenvalue weighted by molar-refractivity contribution is -0.134. The van der Waals surface area contributed by atoms with E-state index in [9.17, 15) is 14.2 Å². The van der Waals surface area contributed by atoms with Crippen LogP contribution in [0.2, 0.25) is 0 Å². The summed E-state index contributed by atoms with van der Waals surface area (Å²) < 4.78 is 17.1. The number of hydrogen-bond acceptors (Lipinski definition) is 4. The Balaban J connectivity index is 0.000000207. The molecule has 0 fully saturated rings. The van der Waals surface area contributed by atoms with E-state index >= 15 is 0 Å². The number of para-hydroxylation sites is 1. The molecular weight excluding hydrogens is 319 g/mol. The van der Waals surface area contributed by atoms with E-state index in [1.165, 1.54) is 0 Å². The Morgan fingerprint density at radius 3 is 2.00 bits per heavy atom. The molecule has 0 radical (unpaired) electrons. The molecule has 3 aromatic rings. The minimum Gasteiger partial charge on any atom is -0.478 e. The van der Waals surface area contributed by atoms with E-state index in [4.69, 9.17) is 14.4 Å². The van der Waals surface area contributed by atoms with Gasteiger partial charge in [-0.25, -0.2) is 13.8 Å². The van der Waals surface area contributed by atoms with Crippen molar-refractivity contribution in [2.75, 3.05) is 0 Å². The largest absolute Gasteiger partial charge is 0.597 e. The number of carbonyl (C=O) groups is 2. The quantitative estimate of drug-likeness (QED) is 0.542. The van der Waals surface area contributed by atoms with Crippen molar-refractivity contribution in [3.05, 3.63) is 60.7 Å². The van der Waals surface area contributed by atoms with Crippen molar-refractivity contribution < 1.29 is 28.6 Å². The second kappa shape index (κ2) is 7.33. The normalized spacial score (nSPS) is 11.2. The van der Waals surface area contributed by atoms with Crippen LogP contribution in [0, 0.1) is 0 Å². The van der Waals surface area contributed by atoms with Crippen molar-refractivity contribution in [3.63, 3.8) is 0 Å². The van der Waals surface area contributed by atoms with E-state index in [0.29, 0.717) is 17.7 Å². The van der Waals surface area contributed by atoms with Gasteiger partial charge in [0.25, 0.3) is 0 Å². The number of fused-ring (bicyclic) bond motifs is 3. The Labute approximate surface area is 131 Å². The third-order valence-electron chi connectivity index (χ3n) is 2.83. The van der Waals surface area contributed by atoms with Gasteiger partial charge >= 0.3 is 19.6 Å². The van der Waals surface area contributed by atoms with Crippen LogP contribution in [0.4, 0.5) is 0 Å². The standard InChI is InChI=1S/C12H8O2P.C4H4O4/c13-15-12-8-4-2-6-10(12)9-5-1-3-7-11(9)14-15;5-3(6)1-2-4(7)8/h1-8H;1-2H,(H,5,6)(H,7,8)/q+1;. The molecule has 0 amide bonds. The summed E-state index contributed by atoms with van der Waals surface area (Å²) in [5, 5.41) is 18.4. The van der Waals surface area contributed by atoms with Crippen molar-refractivity contribution in [1.29, 1.82) is 0 Å². The highest BCUT2D eigenvalue weighted by Gasteiger charge is 2.14. The highest BCUT2D eigenvalue weighted by atomic mass is 31.1. The molecule has 0 aliphatic rings. The molecule has 0 bridgehead atoms. The maximum atomic E-state index is 11.8. The number of rotatable bonds is 2. The zero-order valence-electron chi connectivity index (χ0n) is 11.7. The zero-order chi connectivity index (χ0) is 16.8. The lowest BCUT2D eigenvalue weighted by Crippen LogP contribution is -1.91. The van der Waals surface area contributed by atoms with Gasteiger partial charge in [-0.05, 0) is 22.8 Å². The molecule has 0 spiro atoms. The SMILES string of the molecule is O=C(O)C=CC(=O)O.O=[p+]1oc2ccccc2c2ccccc21. The van der Waals surface area contributed by atoms with Crippen LogP contribution in [0.5, 0.6) is 0 Å². The van der Waals surface area contributed by atoms with E-state index in [0.717, 1.165) is 15.9 Å². The number of carboxylic acid groups (broad SMARTS) is 2. The van der Waals surface area contributed by atoms with Crippen LogP contribution in [0.3, 0.4) is 0 Å². The summed E-state index contributed by atoms with van der Waals surface area (Å²) in [6.07, 6.45) is 1.12. The smallest absolute Gasteiger partial charge is 0.478 e. The van der Waals surface area contributed by atoms with E-state index in [1.54, 1.807) is 0 Å². The van der Waals surface area contributed by atoms with Gasteiger partial charge in [0.2, 0.25) is 5.12 Å². The van der Waals surface area contributed by atoms with Gasteiger partial charge in [0, 0.05) is 22.9 Å². The molecule has 23 heavy (non-hydrogen) atoms. The Morgan fingerprint density at radius 2 is 1.39 bits per heavy atom. The molecule has 116 valence electrons. The summed E-state index contributed by atoms with van der Waals surface area (Å²) in [7, 11) is -1.74. The first-order valence-electron chi connectivity index (χ1n) is 6.46. The Hall–Kier alpha value is -2.98. The maximum Gasteiger partial charge on any atom is 0.597 e. The molecule has 0 saturated carbocycles. The molecule has 0 aliphatic heterocycles. The zero-order valence-corrected chi connectivity index (χ0v) is 12.6. The van der Waals surface area contributed by atoms with Crippen LogP contribution in [0.15, 0.2) is 64.9 Å². The number of hydrogen-bond donors (Lipinski definition) is 2. The van der Waals surface area contributed by atoms with E-state index in [-0.39, 0.29) is 0 Å². The molecular formula is C16H12O6P+. The van der Waals surface area contributed by atoms with Crippen LogP contribution in [-0.2, 0) is 14.2 Å². The maximum absolute atomic E-state index is 11.8. The first-order chi connectivity index (χ1) is 11.0. The molecule has 0 aliphatic carbocycles. The van der Waals surface area contributed by atoms with Gasteiger partial charge in [-0.2, -0.15) is 0 Å². The topological polar surface area (TPSA) is 105 Å². The Bertz CT molecular complexity index is 941.